The summed E-state index contributed by atoms with van der Waals surface area (Å²) >= 11 is 0. The van der Waals surface area contributed by atoms with Crippen LogP contribution in [0.4, 0.5) is 0 Å². The molecule has 17 heavy (non-hydrogen) atoms. The van der Waals surface area contributed by atoms with Gasteiger partial charge < -0.3 is 4.84 Å². The molecule has 0 unspecified atom stereocenters. The van der Waals surface area contributed by atoms with E-state index in [1.807, 2.05) is 0 Å². The number of carbonyl (C=O) groups excluding carboxylic acids is 1. The molecular formula is C10H19NO5S. The maximum atomic E-state index is 11.6. The maximum absolute atomic E-state index is 11.6. The van der Waals surface area contributed by atoms with Crippen LogP contribution in [0, 0.1) is 5.41 Å². The molecule has 100 valence electrons. The summed E-state index contributed by atoms with van der Waals surface area (Å²) in [5, 5.41) is 1.45. The van der Waals surface area contributed by atoms with E-state index >= 15 is 0 Å². The van der Waals surface area contributed by atoms with Gasteiger partial charge in [0.1, 0.15) is 0 Å². The Labute approximate surface area is 102 Å². The minimum Gasteiger partial charge on any atom is -0.367 e. The number of nitrogens with zero attached hydrogens (tertiary/aromatic N) is 1. The molecule has 1 aliphatic heterocycles. The summed E-state index contributed by atoms with van der Waals surface area (Å²) in [6.07, 6.45) is 1.11. The minimum atomic E-state index is -3.45. The van der Waals surface area contributed by atoms with Crippen LogP contribution < -0.4 is 0 Å². The number of hydrogen-bond donors (Lipinski definition) is 0. The zero-order valence-corrected chi connectivity index (χ0v) is 11.4. The molecule has 0 aliphatic carbocycles. The van der Waals surface area contributed by atoms with Crippen molar-refractivity contribution in [3.05, 3.63) is 0 Å². The van der Waals surface area contributed by atoms with Gasteiger partial charge in [0, 0.05) is 6.54 Å². The number of carbonyl (C=O) groups is 1. The van der Waals surface area contributed by atoms with Crippen molar-refractivity contribution in [2.24, 2.45) is 5.41 Å². The van der Waals surface area contributed by atoms with E-state index in [-0.39, 0.29) is 12.5 Å². The molecule has 0 amide bonds. The highest BCUT2D eigenvalue weighted by Gasteiger charge is 2.32. The minimum absolute atomic E-state index is 0.287. The summed E-state index contributed by atoms with van der Waals surface area (Å²) < 4.78 is 26.7. The lowest BCUT2D eigenvalue weighted by Crippen LogP contribution is -2.33. The Kier molecular flexibility index (Phi) is 4.16. The van der Waals surface area contributed by atoms with Crippen LogP contribution in [0.2, 0.25) is 0 Å². The van der Waals surface area contributed by atoms with Gasteiger partial charge in [0.05, 0.1) is 24.3 Å². The summed E-state index contributed by atoms with van der Waals surface area (Å²) in [4.78, 5) is 16.7. The SMILES string of the molecule is CC(C)(C)C(=O)ON1CC[C@@H](OS(C)(=O)=O)C1. The van der Waals surface area contributed by atoms with Crippen molar-refractivity contribution >= 4 is 16.1 Å². The molecule has 1 atom stereocenters. The van der Waals surface area contributed by atoms with Crippen molar-refractivity contribution in [1.29, 1.82) is 0 Å². The third-order valence-electron chi connectivity index (χ3n) is 2.24. The van der Waals surface area contributed by atoms with Gasteiger partial charge in [-0.1, -0.05) is 0 Å². The molecule has 1 saturated heterocycles. The molecule has 1 rings (SSSR count). The normalized spacial score (nSPS) is 22.7. The molecular weight excluding hydrogens is 246 g/mol. The number of hydroxylamine groups is 2. The monoisotopic (exact) mass is 265 g/mol. The summed E-state index contributed by atoms with van der Waals surface area (Å²) in [6.45, 7) is 6.05. The lowest BCUT2D eigenvalue weighted by Gasteiger charge is -2.21. The van der Waals surface area contributed by atoms with Gasteiger partial charge >= 0.3 is 5.97 Å². The van der Waals surface area contributed by atoms with Crippen molar-refractivity contribution < 1.29 is 22.2 Å². The maximum Gasteiger partial charge on any atom is 0.330 e. The van der Waals surface area contributed by atoms with Crippen LogP contribution >= 0.6 is 0 Å². The fraction of sp³-hybridized carbons (Fsp3) is 0.900. The van der Waals surface area contributed by atoms with Gasteiger partial charge in [-0.2, -0.15) is 8.42 Å². The topological polar surface area (TPSA) is 72.9 Å². The van der Waals surface area contributed by atoms with Crippen LogP contribution in [0.1, 0.15) is 27.2 Å². The number of hydrogen-bond acceptors (Lipinski definition) is 6. The van der Waals surface area contributed by atoms with Crippen molar-refractivity contribution in [3.63, 3.8) is 0 Å². The van der Waals surface area contributed by atoms with E-state index in [4.69, 9.17) is 9.02 Å². The van der Waals surface area contributed by atoms with Crippen LogP contribution in [-0.2, 0) is 23.9 Å². The molecule has 6 nitrogen and oxygen atoms in total. The Morgan fingerprint density at radius 3 is 2.41 bits per heavy atom. The van der Waals surface area contributed by atoms with Crippen molar-refractivity contribution in [1.82, 2.24) is 5.06 Å². The van der Waals surface area contributed by atoms with Crippen molar-refractivity contribution in [2.75, 3.05) is 19.3 Å². The Balaban J connectivity index is 2.44. The van der Waals surface area contributed by atoms with Gasteiger partial charge in [0.2, 0.25) is 0 Å². The molecule has 1 fully saturated rings. The fourth-order valence-corrected chi connectivity index (χ4v) is 2.01. The standard InChI is InChI=1S/C10H19NO5S/c1-10(2,3)9(12)15-11-6-5-8(7-11)16-17(4,13)14/h8H,5-7H2,1-4H3/t8-/m1/s1. The molecule has 7 heteroatoms. The molecule has 0 saturated carbocycles. The van der Waals surface area contributed by atoms with Gasteiger partial charge in [-0.3, -0.25) is 4.18 Å². The molecule has 0 radical (unpaired) electrons. The summed E-state index contributed by atoms with van der Waals surface area (Å²) in [7, 11) is -3.45. The summed E-state index contributed by atoms with van der Waals surface area (Å²) in [6, 6.07) is 0. The Morgan fingerprint density at radius 2 is 1.94 bits per heavy atom. The highest BCUT2D eigenvalue weighted by atomic mass is 32.2. The fourth-order valence-electron chi connectivity index (χ4n) is 1.36. The molecule has 0 aromatic carbocycles. The molecule has 1 heterocycles. The Hall–Kier alpha value is -0.660. The zero-order chi connectivity index (χ0) is 13.3. The second-order valence-corrected chi connectivity index (χ2v) is 6.83. The second-order valence-electron chi connectivity index (χ2n) is 5.23. The summed E-state index contributed by atoms with van der Waals surface area (Å²) in [5.41, 5.74) is -0.574. The van der Waals surface area contributed by atoms with Gasteiger partial charge in [-0.05, 0) is 27.2 Å². The smallest absolute Gasteiger partial charge is 0.330 e. The third-order valence-corrected chi connectivity index (χ3v) is 2.86. The van der Waals surface area contributed by atoms with Crippen molar-refractivity contribution in [2.45, 2.75) is 33.3 Å². The van der Waals surface area contributed by atoms with Gasteiger partial charge in [0.25, 0.3) is 10.1 Å². The molecule has 1 aliphatic rings. The average molecular weight is 265 g/mol. The van der Waals surface area contributed by atoms with Crippen LogP contribution in [0.3, 0.4) is 0 Å². The van der Waals surface area contributed by atoms with E-state index in [1.54, 1.807) is 20.8 Å². The van der Waals surface area contributed by atoms with Crippen LogP contribution in [-0.4, -0.2) is 44.9 Å². The first-order valence-corrected chi connectivity index (χ1v) is 7.25. The predicted octanol–water partition coefficient (Wildman–Crippen LogP) is 0.541. The highest BCUT2D eigenvalue weighted by Crippen LogP contribution is 2.20. The lowest BCUT2D eigenvalue weighted by atomic mass is 9.98. The van der Waals surface area contributed by atoms with E-state index in [0.717, 1.165) is 6.26 Å². The van der Waals surface area contributed by atoms with E-state index < -0.39 is 21.6 Å². The first-order valence-electron chi connectivity index (χ1n) is 5.43. The van der Waals surface area contributed by atoms with E-state index in [0.29, 0.717) is 13.0 Å². The first kappa shape index (κ1) is 14.4. The highest BCUT2D eigenvalue weighted by molar-refractivity contribution is 7.86. The van der Waals surface area contributed by atoms with Crippen LogP contribution in [0.5, 0.6) is 0 Å². The molecule has 0 aromatic rings. The third kappa shape index (κ3) is 5.01. The van der Waals surface area contributed by atoms with E-state index in [2.05, 4.69) is 0 Å². The van der Waals surface area contributed by atoms with Crippen molar-refractivity contribution in [3.8, 4) is 0 Å². The second kappa shape index (κ2) is 4.91. The predicted molar refractivity (Wildman–Crippen MR) is 61.5 cm³/mol. The largest absolute Gasteiger partial charge is 0.367 e. The molecule has 0 bridgehead atoms. The first-order chi connectivity index (χ1) is 7.58. The lowest BCUT2D eigenvalue weighted by molar-refractivity contribution is -0.196. The Bertz CT molecular complexity index is 384. The van der Waals surface area contributed by atoms with Gasteiger partial charge in [-0.25, -0.2) is 4.79 Å². The number of rotatable bonds is 3. The quantitative estimate of drug-likeness (QED) is 0.694. The molecule has 0 aromatic heterocycles. The van der Waals surface area contributed by atoms with E-state index in [1.165, 1.54) is 5.06 Å². The van der Waals surface area contributed by atoms with Crippen LogP contribution in [0.25, 0.3) is 0 Å². The van der Waals surface area contributed by atoms with Gasteiger partial charge in [0.15, 0.2) is 0 Å². The molecule has 0 N–H and O–H groups in total. The molecule has 0 spiro atoms. The average Bonchev–Trinajstić information content (AvgIpc) is 2.47. The van der Waals surface area contributed by atoms with Gasteiger partial charge in [-0.15, -0.1) is 5.06 Å². The zero-order valence-electron chi connectivity index (χ0n) is 10.6. The van der Waals surface area contributed by atoms with E-state index in [9.17, 15) is 13.2 Å². The summed E-state index contributed by atoms with van der Waals surface area (Å²) in [5.74, 6) is -0.336. The van der Waals surface area contributed by atoms with Crippen LogP contribution in [0.15, 0.2) is 0 Å². The Morgan fingerprint density at radius 1 is 1.35 bits per heavy atom.